The second-order valence-corrected chi connectivity index (χ2v) is 5.07. The Kier molecular flexibility index (Phi) is 3.28. The Labute approximate surface area is 115 Å². The lowest BCUT2D eigenvalue weighted by Gasteiger charge is -2.23. The molecule has 0 saturated carbocycles. The van der Waals surface area contributed by atoms with Crippen molar-refractivity contribution >= 4 is 16.8 Å². The Hall–Kier alpha value is -2.14. The Balaban J connectivity index is 2.09. The number of likely N-dealkylation sites (tertiary alicyclic amines) is 1. The molecular weight excluding hydrogens is 256 g/mol. The third-order valence-electron chi connectivity index (χ3n) is 3.83. The van der Waals surface area contributed by atoms with Crippen molar-refractivity contribution in [2.75, 3.05) is 13.2 Å². The highest BCUT2D eigenvalue weighted by molar-refractivity contribution is 6.06. The van der Waals surface area contributed by atoms with Gasteiger partial charge in [-0.15, -0.1) is 0 Å². The number of carbonyl (C=O) groups excluding carboxylic acids is 1. The molecule has 0 aliphatic carbocycles. The van der Waals surface area contributed by atoms with Crippen molar-refractivity contribution in [2.45, 2.75) is 18.9 Å². The van der Waals surface area contributed by atoms with Crippen LogP contribution in [0.3, 0.4) is 0 Å². The highest BCUT2D eigenvalue weighted by atomic mass is 16.3. The van der Waals surface area contributed by atoms with Crippen LogP contribution in [0, 0.1) is 0 Å². The fourth-order valence-corrected chi connectivity index (χ4v) is 2.83. The lowest BCUT2D eigenvalue weighted by molar-refractivity contribution is 0.0679. The highest BCUT2D eigenvalue weighted by Gasteiger charge is 2.29. The van der Waals surface area contributed by atoms with Gasteiger partial charge >= 0.3 is 0 Å². The number of aromatic amines is 1. The molecule has 1 amide bonds. The van der Waals surface area contributed by atoms with Gasteiger partial charge in [0.15, 0.2) is 0 Å². The van der Waals surface area contributed by atoms with Crippen LogP contribution in [-0.4, -0.2) is 40.1 Å². The monoisotopic (exact) mass is 272 g/mol. The molecule has 1 unspecified atom stereocenters. The minimum atomic E-state index is -0.285. The number of para-hydroxylation sites is 1. The summed E-state index contributed by atoms with van der Waals surface area (Å²) >= 11 is 0. The molecular formula is C15H16N2O3. The zero-order valence-electron chi connectivity index (χ0n) is 11.0. The lowest BCUT2D eigenvalue weighted by Crippen LogP contribution is -2.38. The molecule has 5 nitrogen and oxygen atoms in total. The van der Waals surface area contributed by atoms with E-state index in [1.807, 2.05) is 18.2 Å². The molecule has 3 rings (SSSR count). The molecule has 104 valence electrons. The van der Waals surface area contributed by atoms with Crippen LogP contribution in [0.5, 0.6) is 0 Å². The molecule has 2 aromatic rings. The molecule has 1 aliphatic heterocycles. The summed E-state index contributed by atoms with van der Waals surface area (Å²) < 4.78 is 0. The van der Waals surface area contributed by atoms with Gasteiger partial charge in [0, 0.05) is 23.5 Å². The van der Waals surface area contributed by atoms with Crippen molar-refractivity contribution < 1.29 is 9.90 Å². The maximum Gasteiger partial charge on any atom is 0.255 e. The quantitative estimate of drug-likeness (QED) is 0.860. The average Bonchev–Trinajstić information content (AvgIpc) is 2.94. The highest BCUT2D eigenvalue weighted by Crippen LogP contribution is 2.22. The van der Waals surface area contributed by atoms with Crippen LogP contribution < -0.4 is 5.56 Å². The van der Waals surface area contributed by atoms with E-state index in [9.17, 15) is 14.7 Å². The zero-order chi connectivity index (χ0) is 14.1. The molecule has 0 radical (unpaired) electrons. The number of carbonyl (C=O) groups is 1. The molecule has 1 aromatic heterocycles. The Bertz CT molecular complexity index is 708. The first-order chi connectivity index (χ1) is 9.70. The first-order valence-electron chi connectivity index (χ1n) is 6.74. The van der Waals surface area contributed by atoms with Gasteiger partial charge in [-0.1, -0.05) is 18.2 Å². The van der Waals surface area contributed by atoms with Gasteiger partial charge in [0.2, 0.25) is 5.56 Å². The van der Waals surface area contributed by atoms with Gasteiger partial charge in [-0.05, 0) is 18.9 Å². The number of nitrogens with zero attached hydrogens (tertiary/aromatic N) is 1. The second kappa shape index (κ2) is 5.09. The molecule has 1 fully saturated rings. The number of aliphatic hydroxyl groups is 1. The first kappa shape index (κ1) is 12.9. The van der Waals surface area contributed by atoms with E-state index in [0.717, 1.165) is 18.2 Å². The van der Waals surface area contributed by atoms with Crippen molar-refractivity contribution in [3.05, 3.63) is 46.2 Å². The van der Waals surface area contributed by atoms with Crippen molar-refractivity contribution in [2.24, 2.45) is 0 Å². The second-order valence-electron chi connectivity index (χ2n) is 5.07. The van der Waals surface area contributed by atoms with Crippen molar-refractivity contribution in [1.82, 2.24) is 9.88 Å². The van der Waals surface area contributed by atoms with Crippen molar-refractivity contribution in [1.29, 1.82) is 0 Å². The molecule has 1 aliphatic rings. The van der Waals surface area contributed by atoms with Gasteiger partial charge in [0.25, 0.3) is 5.91 Å². The SMILES string of the molecule is O=C(c1cc(=O)[nH]c2ccccc12)N1CCCC1CO. The molecule has 20 heavy (non-hydrogen) atoms. The topological polar surface area (TPSA) is 73.4 Å². The van der Waals surface area contributed by atoms with Crippen LogP contribution in [0.2, 0.25) is 0 Å². The number of fused-ring (bicyclic) bond motifs is 1. The van der Waals surface area contributed by atoms with E-state index >= 15 is 0 Å². The summed E-state index contributed by atoms with van der Waals surface area (Å²) in [5, 5.41) is 10.1. The van der Waals surface area contributed by atoms with E-state index < -0.39 is 0 Å². The number of pyridine rings is 1. The van der Waals surface area contributed by atoms with Gasteiger partial charge in [0.05, 0.1) is 18.2 Å². The average molecular weight is 272 g/mol. The normalized spacial score (nSPS) is 18.6. The van der Waals surface area contributed by atoms with E-state index in [1.165, 1.54) is 6.07 Å². The number of aromatic nitrogens is 1. The molecule has 1 saturated heterocycles. The fraction of sp³-hybridized carbons (Fsp3) is 0.333. The Morgan fingerprint density at radius 3 is 3.00 bits per heavy atom. The van der Waals surface area contributed by atoms with Crippen molar-refractivity contribution in [3.63, 3.8) is 0 Å². The van der Waals surface area contributed by atoms with Gasteiger partial charge in [-0.25, -0.2) is 0 Å². The molecule has 1 atom stereocenters. The summed E-state index contributed by atoms with van der Waals surface area (Å²) in [6.45, 7) is 0.595. The number of benzene rings is 1. The maximum atomic E-state index is 12.6. The minimum Gasteiger partial charge on any atom is -0.394 e. The van der Waals surface area contributed by atoms with E-state index in [4.69, 9.17) is 0 Å². The number of amides is 1. The summed E-state index contributed by atoms with van der Waals surface area (Å²) in [7, 11) is 0. The first-order valence-corrected chi connectivity index (χ1v) is 6.74. The van der Waals surface area contributed by atoms with Crippen LogP contribution in [0.4, 0.5) is 0 Å². The summed E-state index contributed by atoms with van der Waals surface area (Å²) in [4.78, 5) is 28.7. The standard InChI is InChI=1S/C15H16N2O3/c18-9-10-4-3-7-17(10)15(20)12-8-14(19)16-13-6-2-1-5-11(12)13/h1-2,5-6,8,10,18H,3-4,7,9H2,(H,16,19). The van der Waals surface area contributed by atoms with E-state index in [2.05, 4.69) is 4.98 Å². The summed E-state index contributed by atoms with van der Waals surface area (Å²) in [5.41, 5.74) is 0.777. The van der Waals surface area contributed by atoms with Crippen LogP contribution in [0.15, 0.2) is 35.1 Å². The Morgan fingerprint density at radius 2 is 2.20 bits per heavy atom. The van der Waals surface area contributed by atoms with E-state index in [1.54, 1.807) is 11.0 Å². The Morgan fingerprint density at radius 1 is 1.40 bits per heavy atom. The number of nitrogens with one attached hydrogen (secondary N) is 1. The minimum absolute atomic E-state index is 0.0349. The zero-order valence-corrected chi connectivity index (χ0v) is 11.0. The van der Waals surface area contributed by atoms with Crippen LogP contribution in [0.25, 0.3) is 10.9 Å². The van der Waals surface area contributed by atoms with Crippen molar-refractivity contribution in [3.8, 4) is 0 Å². The maximum absolute atomic E-state index is 12.6. The fourth-order valence-electron chi connectivity index (χ4n) is 2.83. The largest absolute Gasteiger partial charge is 0.394 e. The van der Waals surface area contributed by atoms with Gasteiger partial charge in [-0.3, -0.25) is 9.59 Å². The van der Waals surface area contributed by atoms with Crippen LogP contribution in [-0.2, 0) is 0 Å². The lowest BCUT2D eigenvalue weighted by atomic mass is 10.1. The van der Waals surface area contributed by atoms with Gasteiger partial charge < -0.3 is 15.0 Å². The van der Waals surface area contributed by atoms with Gasteiger partial charge in [-0.2, -0.15) is 0 Å². The number of H-pyrrole nitrogens is 1. The van der Waals surface area contributed by atoms with E-state index in [0.29, 0.717) is 17.6 Å². The third-order valence-corrected chi connectivity index (χ3v) is 3.83. The predicted octanol–water partition coefficient (Wildman–Crippen LogP) is 1.12. The number of rotatable bonds is 2. The van der Waals surface area contributed by atoms with E-state index in [-0.39, 0.29) is 24.1 Å². The number of hydrogen-bond acceptors (Lipinski definition) is 3. The summed E-state index contributed by atoms with van der Waals surface area (Å²) in [6.07, 6.45) is 1.70. The molecule has 1 aromatic carbocycles. The van der Waals surface area contributed by atoms with Crippen LogP contribution in [0.1, 0.15) is 23.2 Å². The molecule has 0 bridgehead atoms. The molecule has 2 N–H and O–H groups in total. The molecule has 5 heteroatoms. The number of hydrogen-bond donors (Lipinski definition) is 2. The summed E-state index contributed by atoms with van der Waals surface area (Å²) in [6, 6.07) is 8.46. The van der Waals surface area contributed by atoms with Gasteiger partial charge in [0.1, 0.15) is 0 Å². The predicted molar refractivity (Wildman–Crippen MR) is 75.7 cm³/mol. The summed E-state index contributed by atoms with van der Waals surface area (Å²) in [5.74, 6) is -0.177. The smallest absolute Gasteiger partial charge is 0.255 e. The molecule has 2 heterocycles. The van der Waals surface area contributed by atoms with Crippen LogP contribution >= 0.6 is 0 Å². The third kappa shape index (κ3) is 2.10. The molecule has 0 spiro atoms. The number of aliphatic hydroxyl groups excluding tert-OH is 1.